The van der Waals surface area contributed by atoms with Crippen LogP contribution in [-0.4, -0.2) is 28.3 Å². The third kappa shape index (κ3) is 2.98. The Labute approximate surface area is 97.7 Å². The van der Waals surface area contributed by atoms with Crippen molar-refractivity contribution in [2.24, 2.45) is 0 Å². The summed E-state index contributed by atoms with van der Waals surface area (Å²) in [5.74, 6) is -1.63. The van der Waals surface area contributed by atoms with Gasteiger partial charge in [-0.15, -0.1) is 0 Å². The fourth-order valence-electron chi connectivity index (χ4n) is 1.61. The van der Waals surface area contributed by atoms with Crippen LogP contribution in [0.1, 0.15) is 34.5 Å². The van der Waals surface area contributed by atoms with E-state index in [2.05, 4.69) is 0 Å². The van der Waals surface area contributed by atoms with E-state index in [4.69, 9.17) is 5.11 Å². The van der Waals surface area contributed by atoms with Crippen molar-refractivity contribution in [3.63, 3.8) is 0 Å². The van der Waals surface area contributed by atoms with E-state index in [1.807, 2.05) is 0 Å². The summed E-state index contributed by atoms with van der Waals surface area (Å²) in [4.78, 5) is 32.6. The SMILES string of the molecule is CC(=O)Cc1cccc(C=O)c1C(O)C(=O)O. The molecule has 0 saturated carbocycles. The molecule has 0 aromatic heterocycles. The van der Waals surface area contributed by atoms with Gasteiger partial charge in [-0.05, 0) is 12.5 Å². The minimum atomic E-state index is -1.80. The van der Waals surface area contributed by atoms with Gasteiger partial charge in [0.15, 0.2) is 6.10 Å². The fourth-order valence-corrected chi connectivity index (χ4v) is 1.61. The van der Waals surface area contributed by atoms with Crippen LogP contribution in [-0.2, 0) is 16.0 Å². The Balaban J connectivity index is 3.34. The van der Waals surface area contributed by atoms with Gasteiger partial charge in [0.05, 0.1) is 0 Å². The Morgan fingerprint density at radius 3 is 2.53 bits per heavy atom. The maximum Gasteiger partial charge on any atom is 0.337 e. The van der Waals surface area contributed by atoms with Crippen molar-refractivity contribution in [2.75, 3.05) is 0 Å². The zero-order chi connectivity index (χ0) is 13.0. The van der Waals surface area contributed by atoms with Crippen molar-refractivity contribution in [3.8, 4) is 0 Å². The second kappa shape index (κ2) is 5.36. The van der Waals surface area contributed by atoms with Crippen molar-refractivity contribution >= 4 is 18.0 Å². The molecule has 1 aromatic rings. The first kappa shape index (κ1) is 13.1. The molecule has 0 heterocycles. The molecule has 90 valence electrons. The quantitative estimate of drug-likeness (QED) is 0.736. The summed E-state index contributed by atoms with van der Waals surface area (Å²) >= 11 is 0. The molecule has 1 atom stereocenters. The zero-order valence-corrected chi connectivity index (χ0v) is 9.21. The summed E-state index contributed by atoms with van der Waals surface area (Å²) in [5.41, 5.74) is 0.431. The number of carboxylic acid groups (broad SMARTS) is 1. The number of aliphatic hydroxyl groups is 1. The van der Waals surface area contributed by atoms with Crippen molar-refractivity contribution in [1.82, 2.24) is 0 Å². The lowest BCUT2D eigenvalue weighted by Gasteiger charge is -2.13. The number of aldehydes is 1. The first-order valence-corrected chi connectivity index (χ1v) is 4.94. The van der Waals surface area contributed by atoms with Crippen molar-refractivity contribution in [3.05, 3.63) is 34.9 Å². The van der Waals surface area contributed by atoms with Crippen LogP contribution in [0.15, 0.2) is 18.2 Å². The summed E-state index contributed by atoms with van der Waals surface area (Å²) in [7, 11) is 0. The average Bonchev–Trinajstić information content (AvgIpc) is 2.26. The highest BCUT2D eigenvalue weighted by Crippen LogP contribution is 2.22. The molecule has 0 aliphatic heterocycles. The molecule has 1 unspecified atom stereocenters. The average molecular weight is 236 g/mol. The van der Waals surface area contributed by atoms with Gasteiger partial charge in [-0.3, -0.25) is 9.59 Å². The number of carbonyl (C=O) groups excluding carboxylic acids is 2. The lowest BCUT2D eigenvalue weighted by molar-refractivity contribution is -0.147. The topological polar surface area (TPSA) is 91.7 Å². The molecule has 2 N–H and O–H groups in total. The van der Waals surface area contributed by atoms with E-state index in [9.17, 15) is 19.5 Å². The summed E-state index contributed by atoms with van der Waals surface area (Å²) in [5, 5.41) is 18.3. The second-order valence-corrected chi connectivity index (χ2v) is 3.66. The third-order valence-electron chi connectivity index (χ3n) is 2.30. The van der Waals surface area contributed by atoms with Gasteiger partial charge in [0.2, 0.25) is 0 Å². The van der Waals surface area contributed by atoms with Gasteiger partial charge in [-0.2, -0.15) is 0 Å². The number of hydrogen-bond donors (Lipinski definition) is 2. The predicted molar refractivity (Wildman–Crippen MR) is 58.8 cm³/mol. The molecule has 17 heavy (non-hydrogen) atoms. The largest absolute Gasteiger partial charge is 0.479 e. The highest BCUT2D eigenvalue weighted by molar-refractivity contribution is 5.86. The maximum absolute atomic E-state index is 11.0. The van der Waals surface area contributed by atoms with Crippen molar-refractivity contribution < 1.29 is 24.6 Å². The summed E-state index contributed by atoms with van der Waals surface area (Å²) in [6, 6.07) is 4.47. The van der Waals surface area contributed by atoms with Crippen LogP contribution in [0.3, 0.4) is 0 Å². The van der Waals surface area contributed by atoms with Crippen LogP contribution < -0.4 is 0 Å². The van der Waals surface area contributed by atoms with Gasteiger partial charge >= 0.3 is 5.97 Å². The molecule has 0 radical (unpaired) electrons. The lowest BCUT2D eigenvalue weighted by atomic mass is 9.94. The molecule has 0 amide bonds. The van der Waals surface area contributed by atoms with E-state index < -0.39 is 12.1 Å². The highest BCUT2D eigenvalue weighted by atomic mass is 16.4. The lowest BCUT2D eigenvalue weighted by Crippen LogP contribution is -2.16. The second-order valence-electron chi connectivity index (χ2n) is 3.66. The molecular weight excluding hydrogens is 224 g/mol. The van der Waals surface area contributed by atoms with Crippen molar-refractivity contribution in [2.45, 2.75) is 19.4 Å². The Kier molecular flexibility index (Phi) is 4.12. The minimum absolute atomic E-state index is 0.00907. The van der Waals surface area contributed by atoms with Gasteiger partial charge in [0, 0.05) is 17.5 Å². The molecule has 5 nitrogen and oxygen atoms in total. The maximum atomic E-state index is 11.0. The molecule has 5 heteroatoms. The number of hydrogen-bond acceptors (Lipinski definition) is 4. The van der Waals surface area contributed by atoms with Gasteiger partial charge in [0.1, 0.15) is 12.1 Å². The molecule has 0 fully saturated rings. The molecule has 0 aliphatic carbocycles. The monoisotopic (exact) mass is 236 g/mol. The van der Waals surface area contributed by atoms with E-state index in [1.54, 1.807) is 6.07 Å². The summed E-state index contributed by atoms with van der Waals surface area (Å²) < 4.78 is 0. The van der Waals surface area contributed by atoms with Crippen LogP contribution in [0, 0.1) is 0 Å². The van der Waals surface area contributed by atoms with E-state index in [0.717, 1.165) is 0 Å². The number of Topliss-reactive ketones (excluding diaryl/α,β-unsaturated/α-hetero) is 1. The Morgan fingerprint density at radius 1 is 1.41 bits per heavy atom. The van der Waals surface area contributed by atoms with Gasteiger partial charge in [-0.1, -0.05) is 18.2 Å². The summed E-state index contributed by atoms with van der Waals surface area (Å²) in [6.07, 6.45) is -1.35. The highest BCUT2D eigenvalue weighted by Gasteiger charge is 2.23. The van der Waals surface area contributed by atoms with Gasteiger partial charge in [0.25, 0.3) is 0 Å². The van der Waals surface area contributed by atoms with Gasteiger partial charge in [-0.25, -0.2) is 4.79 Å². The van der Waals surface area contributed by atoms with Crippen molar-refractivity contribution in [1.29, 1.82) is 0 Å². The molecule has 0 saturated heterocycles. The number of carbonyl (C=O) groups is 3. The van der Waals surface area contributed by atoms with Crippen LogP contribution in [0.2, 0.25) is 0 Å². The molecular formula is C12H12O5. The molecule has 1 aromatic carbocycles. The van der Waals surface area contributed by atoms with E-state index in [0.29, 0.717) is 11.8 Å². The molecule has 0 bridgehead atoms. The number of benzene rings is 1. The zero-order valence-electron chi connectivity index (χ0n) is 9.21. The molecule has 0 spiro atoms. The molecule has 0 aliphatic rings. The first-order valence-electron chi connectivity index (χ1n) is 4.94. The number of aliphatic carboxylic acids is 1. The predicted octanol–water partition coefficient (Wildman–Crippen LogP) is 0.749. The minimum Gasteiger partial charge on any atom is -0.479 e. The molecule has 1 rings (SSSR count). The van der Waals surface area contributed by atoms with Crippen LogP contribution >= 0.6 is 0 Å². The Bertz CT molecular complexity index is 464. The first-order chi connectivity index (χ1) is 7.97. The summed E-state index contributed by atoms with van der Waals surface area (Å²) in [6.45, 7) is 1.35. The fraction of sp³-hybridized carbons (Fsp3) is 0.250. The van der Waals surface area contributed by atoms with Crippen LogP contribution in [0.4, 0.5) is 0 Å². The van der Waals surface area contributed by atoms with Crippen LogP contribution in [0.25, 0.3) is 0 Å². The Hall–Kier alpha value is -2.01. The number of ketones is 1. The van der Waals surface area contributed by atoms with Crippen LogP contribution in [0.5, 0.6) is 0 Å². The van der Waals surface area contributed by atoms with E-state index in [-0.39, 0.29) is 23.3 Å². The van der Waals surface area contributed by atoms with Gasteiger partial charge < -0.3 is 10.2 Å². The van der Waals surface area contributed by atoms with E-state index >= 15 is 0 Å². The third-order valence-corrected chi connectivity index (χ3v) is 2.30. The van der Waals surface area contributed by atoms with E-state index in [1.165, 1.54) is 19.1 Å². The smallest absolute Gasteiger partial charge is 0.337 e. The normalized spacial score (nSPS) is 11.9. The number of carboxylic acids is 1. The standard InChI is InChI=1S/C12H12O5/c1-7(14)5-8-3-2-4-9(6-13)10(8)11(15)12(16)17/h2-4,6,11,15H,5H2,1H3,(H,16,17). The Morgan fingerprint density at radius 2 is 2.06 bits per heavy atom. The number of aliphatic hydroxyl groups excluding tert-OH is 1. The number of rotatable bonds is 5.